The van der Waals surface area contributed by atoms with Crippen LogP contribution in [-0.4, -0.2) is 55.2 Å². The second kappa shape index (κ2) is 10.3. The average molecular weight is 476 g/mol. The van der Waals surface area contributed by atoms with Crippen LogP contribution in [0.2, 0.25) is 0 Å². The Hall–Kier alpha value is -2.30. The first-order valence-corrected chi connectivity index (χ1v) is 10.5. The van der Waals surface area contributed by atoms with Crippen molar-refractivity contribution in [1.29, 1.82) is 0 Å². The highest BCUT2D eigenvalue weighted by Gasteiger charge is 2.58. The lowest BCUT2D eigenvalue weighted by Gasteiger charge is -2.45. The van der Waals surface area contributed by atoms with Crippen LogP contribution < -0.4 is 10.1 Å². The zero-order valence-electron chi connectivity index (χ0n) is 17.9. The van der Waals surface area contributed by atoms with Gasteiger partial charge in [0.15, 0.2) is 0 Å². The topological polar surface area (TPSA) is 44.7 Å². The molecule has 1 saturated heterocycles. The zero-order valence-corrected chi connectivity index (χ0v) is 17.9. The van der Waals surface area contributed by atoms with Gasteiger partial charge in [-0.05, 0) is 11.6 Å². The van der Waals surface area contributed by atoms with Crippen molar-refractivity contribution in [2.75, 3.05) is 26.7 Å². The van der Waals surface area contributed by atoms with Crippen molar-refractivity contribution < 1.29 is 36.2 Å². The fraction of sp³-hybridized carbons (Fsp3) is 0.478. The maximum atomic E-state index is 13.6. The molecule has 0 bridgehead atoms. The molecule has 0 amide bonds. The van der Waals surface area contributed by atoms with Gasteiger partial charge in [0.2, 0.25) is 0 Å². The van der Waals surface area contributed by atoms with Crippen LogP contribution in [0.4, 0.5) is 26.3 Å². The Morgan fingerprint density at radius 1 is 0.939 bits per heavy atom. The van der Waals surface area contributed by atoms with Gasteiger partial charge in [0.25, 0.3) is 0 Å². The van der Waals surface area contributed by atoms with Crippen LogP contribution in [0.15, 0.2) is 54.6 Å². The predicted molar refractivity (Wildman–Crippen MR) is 111 cm³/mol. The molecule has 1 aliphatic rings. The van der Waals surface area contributed by atoms with E-state index in [4.69, 9.17) is 4.74 Å². The van der Waals surface area contributed by atoms with Crippen molar-refractivity contribution in [3.63, 3.8) is 0 Å². The summed E-state index contributed by atoms with van der Waals surface area (Å²) in [5, 5.41) is 13.1. The van der Waals surface area contributed by atoms with E-state index in [9.17, 15) is 31.4 Å². The first-order chi connectivity index (χ1) is 15.5. The number of methoxy groups -OCH3 is 1. The summed E-state index contributed by atoms with van der Waals surface area (Å²) < 4.78 is 87.0. The van der Waals surface area contributed by atoms with Crippen LogP contribution in [0.3, 0.4) is 0 Å². The van der Waals surface area contributed by atoms with Crippen LogP contribution in [-0.2, 0) is 6.54 Å². The minimum absolute atomic E-state index is 0.0838. The largest absolute Gasteiger partial charge is 0.496 e. The number of piperidine rings is 1. The SMILES string of the molecule is COc1ccccc1C(CNCc1ccccc1)N1CC(C(F)(F)F)C(O)C(C(F)(F)F)C1. The first kappa shape index (κ1) is 25.3. The lowest BCUT2D eigenvalue weighted by molar-refractivity contribution is -0.271. The average Bonchev–Trinajstić information content (AvgIpc) is 2.76. The Kier molecular flexibility index (Phi) is 7.92. The van der Waals surface area contributed by atoms with Crippen molar-refractivity contribution in [1.82, 2.24) is 10.2 Å². The third kappa shape index (κ3) is 6.18. The third-order valence-electron chi connectivity index (χ3n) is 5.98. The van der Waals surface area contributed by atoms with Crippen LogP contribution in [0, 0.1) is 11.8 Å². The molecule has 0 aliphatic carbocycles. The van der Waals surface area contributed by atoms with Crippen molar-refractivity contribution in [3.05, 3.63) is 65.7 Å². The Morgan fingerprint density at radius 2 is 1.48 bits per heavy atom. The normalized spacial score (nSPS) is 23.3. The Balaban J connectivity index is 1.93. The minimum Gasteiger partial charge on any atom is -0.496 e. The molecule has 3 atom stereocenters. The van der Waals surface area contributed by atoms with E-state index < -0.39 is 49.4 Å². The van der Waals surface area contributed by atoms with Gasteiger partial charge in [0.05, 0.1) is 31.1 Å². The summed E-state index contributed by atoms with van der Waals surface area (Å²) in [5.74, 6) is -4.68. The van der Waals surface area contributed by atoms with Gasteiger partial charge in [0, 0.05) is 31.7 Å². The number of para-hydroxylation sites is 1. The highest BCUT2D eigenvalue weighted by atomic mass is 19.4. The number of rotatable bonds is 7. The molecule has 0 spiro atoms. The molecular formula is C23H26F6N2O2. The van der Waals surface area contributed by atoms with E-state index in [0.29, 0.717) is 17.9 Å². The zero-order chi connectivity index (χ0) is 24.2. The third-order valence-corrected chi connectivity index (χ3v) is 5.98. The summed E-state index contributed by atoms with van der Waals surface area (Å²) in [6.45, 7) is -1.05. The molecule has 2 aromatic carbocycles. The van der Waals surface area contributed by atoms with Crippen LogP contribution in [0.25, 0.3) is 0 Å². The fourth-order valence-corrected chi connectivity index (χ4v) is 4.25. The number of nitrogens with one attached hydrogen (secondary N) is 1. The number of nitrogens with zero attached hydrogens (tertiary/aromatic N) is 1. The number of hydrogen-bond acceptors (Lipinski definition) is 4. The molecule has 182 valence electrons. The molecule has 4 nitrogen and oxygen atoms in total. The summed E-state index contributed by atoms with van der Waals surface area (Å²) in [6.07, 6.45) is -12.5. The highest BCUT2D eigenvalue weighted by molar-refractivity contribution is 5.36. The van der Waals surface area contributed by atoms with Gasteiger partial charge >= 0.3 is 12.4 Å². The van der Waals surface area contributed by atoms with Crippen molar-refractivity contribution in [3.8, 4) is 5.75 Å². The number of alkyl halides is 6. The standard InChI is InChI=1S/C23H26F6N2O2/c1-33-20-10-6-5-9-16(20)19(12-30-11-15-7-3-2-4-8-15)31-13-17(22(24,25)26)21(32)18(14-31)23(27,28)29/h2-10,17-19,21,30,32H,11-14H2,1H3. The number of likely N-dealkylation sites (tertiary alicyclic amines) is 1. The second-order valence-electron chi connectivity index (χ2n) is 8.11. The Bertz CT molecular complexity index is 867. The molecule has 10 heteroatoms. The van der Waals surface area contributed by atoms with Crippen molar-refractivity contribution >= 4 is 0 Å². The van der Waals surface area contributed by atoms with E-state index >= 15 is 0 Å². The Labute approximate surface area is 188 Å². The molecule has 2 N–H and O–H groups in total. The Morgan fingerprint density at radius 3 is 2.03 bits per heavy atom. The smallest absolute Gasteiger partial charge is 0.395 e. The van der Waals surface area contributed by atoms with E-state index in [0.717, 1.165) is 10.5 Å². The molecule has 0 aromatic heterocycles. The number of aliphatic hydroxyl groups is 1. The monoisotopic (exact) mass is 476 g/mol. The summed E-state index contributed by atoms with van der Waals surface area (Å²) in [6, 6.07) is 15.0. The predicted octanol–water partition coefficient (Wildman–Crippen LogP) is 4.56. The van der Waals surface area contributed by atoms with Crippen LogP contribution in [0.5, 0.6) is 5.75 Å². The van der Waals surface area contributed by atoms with Gasteiger partial charge in [-0.2, -0.15) is 26.3 Å². The van der Waals surface area contributed by atoms with Gasteiger partial charge in [-0.3, -0.25) is 4.90 Å². The first-order valence-electron chi connectivity index (χ1n) is 10.5. The fourth-order valence-electron chi connectivity index (χ4n) is 4.25. The molecule has 3 unspecified atom stereocenters. The number of halogens is 6. The molecule has 2 aromatic rings. The molecular weight excluding hydrogens is 450 g/mol. The number of aliphatic hydroxyl groups excluding tert-OH is 1. The lowest BCUT2D eigenvalue weighted by Crippen LogP contribution is -2.59. The maximum Gasteiger partial charge on any atom is 0.395 e. The maximum absolute atomic E-state index is 13.6. The molecule has 3 rings (SSSR count). The van der Waals surface area contributed by atoms with E-state index in [2.05, 4.69) is 5.32 Å². The van der Waals surface area contributed by atoms with Gasteiger partial charge < -0.3 is 15.2 Å². The quantitative estimate of drug-likeness (QED) is 0.576. The molecule has 0 radical (unpaired) electrons. The van der Waals surface area contributed by atoms with E-state index in [1.54, 1.807) is 24.3 Å². The van der Waals surface area contributed by atoms with Crippen molar-refractivity contribution in [2.24, 2.45) is 11.8 Å². The molecule has 1 heterocycles. The van der Waals surface area contributed by atoms with Gasteiger partial charge in [-0.15, -0.1) is 0 Å². The summed E-state index contributed by atoms with van der Waals surface area (Å²) >= 11 is 0. The van der Waals surface area contributed by atoms with Gasteiger partial charge in [0.1, 0.15) is 5.75 Å². The highest BCUT2D eigenvalue weighted by Crippen LogP contribution is 2.44. The van der Waals surface area contributed by atoms with Gasteiger partial charge in [-0.25, -0.2) is 0 Å². The van der Waals surface area contributed by atoms with Crippen LogP contribution >= 0.6 is 0 Å². The van der Waals surface area contributed by atoms with Crippen molar-refractivity contribution in [2.45, 2.75) is 31.0 Å². The second-order valence-corrected chi connectivity index (χ2v) is 8.11. The van der Waals surface area contributed by atoms with E-state index in [1.165, 1.54) is 7.11 Å². The number of benzene rings is 2. The van der Waals surface area contributed by atoms with Gasteiger partial charge in [-0.1, -0.05) is 48.5 Å². The summed E-state index contributed by atoms with van der Waals surface area (Å²) in [7, 11) is 1.39. The van der Waals surface area contributed by atoms with E-state index in [-0.39, 0.29) is 6.54 Å². The molecule has 1 aliphatic heterocycles. The molecule has 1 fully saturated rings. The van der Waals surface area contributed by atoms with Crippen LogP contribution in [0.1, 0.15) is 17.2 Å². The number of hydrogen-bond donors (Lipinski definition) is 2. The lowest BCUT2D eigenvalue weighted by atomic mass is 9.83. The minimum atomic E-state index is -4.98. The molecule has 0 saturated carbocycles. The number of ether oxygens (including phenoxy) is 1. The summed E-state index contributed by atoms with van der Waals surface area (Å²) in [5.41, 5.74) is 1.39. The summed E-state index contributed by atoms with van der Waals surface area (Å²) in [4.78, 5) is 1.15. The van der Waals surface area contributed by atoms with E-state index in [1.807, 2.05) is 30.3 Å². The molecule has 33 heavy (non-hydrogen) atoms.